The van der Waals surface area contributed by atoms with Gasteiger partial charge in [0, 0.05) is 42.8 Å². The van der Waals surface area contributed by atoms with Gasteiger partial charge in [0.05, 0.1) is 6.61 Å². The van der Waals surface area contributed by atoms with Gasteiger partial charge in [-0.3, -0.25) is 4.79 Å². The Morgan fingerprint density at radius 1 is 1.20 bits per heavy atom. The Balaban J connectivity index is 2.37. The summed E-state index contributed by atoms with van der Waals surface area (Å²) in [5.74, 6) is -0.0601. The number of nitrogens with one attached hydrogen (secondary N) is 1. The predicted octanol–water partition coefficient (Wildman–Crippen LogP) is 1.45. The van der Waals surface area contributed by atoms with Gasteiger partial charge in [-0.25, -0.2) is 0 Å². The van der Waals surface area contributed by atoms with E-state index in [1.807, 2.05) is 29.2 Å². The van der Waals surface area contributed by atoms with Crippen LogP contribution in [0.2, 0.25) is 0 Å². The van der Waals surface area contributed by atoms with Gasteiger partial charge < -0.3 is 20.4 Å². The summed E-state index contributed by atoms with van der Waals surface area (Å²) in [4.78, 5) is 13.8. The monoisotopic (exact) mass is 344 g/mol. The van der Waals surface area contributed by atoms with Gasteiger partial charge in [-0.1, -0.05) is 22.0 Å². The van der Waals surface area contributed by atoms with Crippen molar-refractivity contribution in [3.63, 3.8) is 0 Å². The number of aliphatic hydroxyl groups is 2. The van der Waals surface area contributed by atoms with Gasteiger partial charge in [0.15, 0.2) is 0 Å². The molecule has 0 bridgehead atoms. The highest BCUT2D eigenvalue weighted by atomic mass is 79.9. The summed E-state index contributed by atoms with van der Waals surface area (Å²) in [6, 6.07) is 7.43. The van der Waals surface area contributed by atoms with Crippen LogP contribution >= 0.6 is 15.9 Å². The van der Waals surface area contributed by atoms with E-state index < -0.39 is 0 Å². The second-order valence-electron chi connectivity index (χ2n) is 4.45. The molecule has 0 fully saturated rings. The van der Waals surface area contributed by atoms with E-state index in [9.17, 15) is 4.79 Å². The van der Waals surface area contributed by atoms with Crippen molar-refractivity contribution < 1.29 is 15.0 Å². The topological polar surface area (TPSA) is 72.8 Å². The molecule has 0 atom stereocenters. The first kappa shape index (κ1) is 17.1. The van der Waals surface area contributed by atoms with E-state index in [2.05, 4.69) is 21.2 Å². The van der Waals surface area contributed by atoms with Crippen molar-refractivity contribution >= 4 is 27.5 Å². The van der Waals surface area contributed by atoms with Gasteiger partial charge in [-0.15, -0.1) is 0 Å². The van der Waals surface area contributed by atoms with E-state index in [-0.39, 0.29) is 19.1 Å². The summed E-state index contributed by atoms with van der Waals surface area (Å²) >= 11 is 3.35. The van der Waals surface area contributed by atoms with Gasteiger partial charge in [0.1, 0.15) is 0 Å². The minimum absolute atomic E-state index is 0.0542. The largest absolute Gasteiger partial charge is 0.396 e. The normalized spacial score (nSPS) is 10.8. The van der Waals surface area contributed by atoms with E-state index in [1.165, 1.54) is 0 Å². The van der Waals surface area contributed by atoms with Gasteiger partial charge in [0.25, 0.3) is 0 Å². The van der Waals surface area contributed by atoms with Gasteiger partial charge in [-0.2, -0.15) is 0 Å². The zero-order chi connectivity index (χ0) is 14.8. The fraction of sp³-hybridized carbons (Fsp3) is 0.500. The minimum Gasteiger partial charge on any atom is -0.396 e. The van der Waals surface area contributed by atoms with E-state index in [0.717, 1.165) is 10.2 Å². The zero-order valence-corrected chi connectivity index (χ0v) is 13.0. The van der Waals surface area contributed by atoms with Gasteiger partial charge in [-0.05, 0) is 24.6 Å². The molecular weight excluding hydrogens is 324 g/mol. The van der Waals surface area contributed by atoms with Gasteiger partial charge >= 0.3 is 0 Å². The maximum absolute atomic E-state index is 11.8. The van der Waals surface area contributed by atoms with Crippen molar-refractivity contribution in [1.29, 1.82) is 0 Å². The van der Waals surface area contributed by atoms with E-state index in [4.69, 9.17) is 10.2 Å². The molecule has 0 aliphatic carbocycles. The fourth-order valence-corrected chi connectivity index (χ4v) is 2.22. The summed E-state index contributed by atoms with van der Waals surface area (Å²) in [5.41, 5.74) is 0.758. The average Bonchev–Trinajstić information content (AvgIpc) is 2.42. The number of rotatable bonds is 9. The summed E-state index contributed by atoms with van der Waals surface area (Å²) in [6.07, 6.45) is 1.01. The molecule has 112 valence electrons. The van der Waals surface area contributed by atoms with Crippen molar-refractivity contribution in [3.8, 4) is 0 Å². The quantitative estimate of drug-likeness (QED) is 0.634. The van der Waals surface area contributed by atoms with Crippen molar-refractivity contribution in [1.82, 2.24) is 4.90 Å². The number of carbonyl (C=O) groups is 1. The Morgan fingerprint density at radius 2 is 2.00 bits per heavy atom. The molecule has 0 aromatic heterocycles. The molecule has 3 N–H and O–H groups in total. The Morgan fingerprint density at radius 3 is 2.65 bits per heavy atom. The molecule has 5 nitrogen and oxygen atoms in total. The van der Waals surface area contributed by atoms with Crippen LogP contribution in [0.5, 0.6) is 0 Å². The van der Waals surface area contributed by atoms with Crippen molar-refractivity contribution in [2.24, 2.45) is 0 Å². The van der Waals surface area contributed by atoms with Crippen LogP contribution in [0.4, 0.5) is 5.69 Å². The molecule has 1 aromatic rings. The molecule has 6 heteroatoms. The molecule has 0 radical (unpaired) electrons. The number of hydrogen-bond donors (Lipinski definition) is 3. The molecule has 0 spiro atoms. The lowest BCUT2D eigenvalue weighted by molar-refractivity contribution is -0.116. The fourth-order valence-electron chi connectivity index (χ4n) is 1.82. The van der Waals surface area contributed by atoms with Gasteiger partial charge in [0.2, 0.25) is 5.91 Å². The highest BCUT2D eigenvalue weighted by Crippen LogP contribution is 2.15. The van der Waals surface area contributed by atoms with Crippen LogP contribution in [0.3, 0.4) is 0 Å². The van der Waals surface area contributed by atoms with Crippen LogP contribution < -0.4 is 5.32 Å². The molecule has 0 saturated heterocycles. The highest BCUT2D eigenvalue weighted by molar-refractivity contribution is 9.10. The molecule has 1 aromatic carbocycles. The second-order valence-corrected chi connectivity index (χ2v) is 5.37. The lowest BCUT2D eigenvalue weighted by Gasteiger charge is -2.20. The van der Waals surface area contributed by atoms with Crippen LogP contribution in [-0.2, 0) is 4.79 Å². The third-order valence-electron chi connectivity index (χ3n) is 2.81. The lowest BCUT2D eigenvalue weighted by atomic mass is 10.3. The first-order valence-corrected chi connectivity index (χ1v) is 7.44. The standard InChI is InChI=1S/C14H21BrN2O3/c15-12-3-1-4-13(11-12)16-14(20)5-7-17(8-10-19)6-2-9-18/h1,3-4,11,18-19H,2,5-10H2,(H,16,20). The minimum atomic E-state index is -0.0601. The number of nitrogens with zero attached hydrogens (tertiary/aromatic N) is 1. The molecule has 0 aliphatic heterocycles. The van der Waals surface area contributed by atoms with Crippen LogP contribution in [0.15, 0.2) is 28.7 Å². The van der Waals surface area contributed by atoms with Crippen LogP contribution in [-0.4, -0.2) is 53.9 Å². The third-order valence-corrected chi connectivity index (χ3v) is 3.31. The molecule has 1 amide bonds. The van der Waals surface area contributed by atoms with Crippen molar-refractivity contribution in [2.45, 2.75) is 12.8 Å². The molecule has 1 rings (SSSR count). The first-order valence-electron chi connectivity index (χ1n) is 6.65. The maximum atomic E-state index is 11.8. The first-order chi connectivity index (χ1) is 9.65. The summed E-state index contributed by atoms with van der Waals surface area (Å²) in [6.45, 7) is 1.94. The number of aliphatic hydroxyl groups excluding tert-OH is 2. The average molecular weight is 345 g/mol. The number of carbonyl (C=O) groups excluding carboxylic acids is 1. The number of hydrogen-bond acceptors (Lipinski definition) is 4. The lowest BCUT2D eigenvalue weighted by Crippen LogP contribution is -2.31. The molecule has 20 heavy (non-hydrogen) atoms. The Hall–Kier alpha value is -0.950. The zero-order valence-electron chi connectivity index (χ0n) is 11.4. The highest BCUT2D eigenvalue weighted by Gasteiger charge is 2.08. The molecule has 0 saturated carbocycles. The maximum Gasteiger partial charge on any atom is 0.225 e. The number of halogens is 1. The van der Waals surface area contributed by atoms with E-state index in [0.29, 0.717) is 32.5 Å². The van der Waals surface area contributed by atoms with Crippen molar-refractivity contribution in [3.05, 3.63) is 28.7 Å². The summed E-state index contributed by atoms with van der Waals surface area (Å²) in [7, 11) is 0. The number of benzene rings is 1. The number of amides is 1. The Labute approximate surface area is 127 Å². The number of anilines is 1. The molecule has 0 aliphatic rings. The smallest absolute Gasteiger partial charge is 0.225 e. The van der Waals surface area contributed by atoms with E-state index in [1.54, 1.807) is 0 Å². The Kier molecular flexibility index (Phi) is 8.45. The molecule has 0 unspecified atom stereocenters. The van der Waals surface area contributed by atoms with Crippen LogP contribution in [0.25, 0.3) is 0 Å². The predicted molar refractivity (Wildman–Crippen MR) is 82.6 cm³/mol. The van der Waals surface area contributed by atoms with E-state index >= 15 is 0 Å². The summed E-state index contributed by atoms with van der Waals surface area (Å²) < 4.78 is 0.917. The third kappa shape index (κ3) is 7.00. The Bertz CT molecular complexity index is 415. The van der Waals surface area contributed by atoms with Crippen molar-refractivity contribution in [2.75, 3.05) is 38.2 Å². The summed E-state index contributed by atoms with van der Waals surface area (Å²) in [5, 5.41) is 20.6. The van der Waals surface area contributed by atoms with Crippen LogP contribution in [0, 0.1) is 0 Å². The SMILES string of the molecule is O=C(CCN(CCO)CCCO)Nc1cccc(Br)c1. The molecular formula is C14H21BrN2O3. The van der Waals surface area contributed by atoms with Crippen LogP contribution in [0.1, 0.15) is 12.8 Å². The molecule has 0 heterocycles. The second kappa shape index (κ2) is 9.88.